The highest BCUT2D eigenvalue weighted by Gasteiger charge is 2.34. The molecule has 2 atom stereocenters. The number of halogens is 9. The van der Waals surface area contributed by atoms with Crippen molar-refractivity contribution in [1.82, 2.24) is 0 Å². The Hall–Kier alpha value is 0.140. The molecule has 2 aromatic rings. The summed E-state index contributed by atoms with van der Waals surface area (Å²) >= 11 is 48.6. The molecule has 0 fully saturated rings. The second-order valence-corrected chi connectivity index (χ2v) is 11.3. The van der Waals surface area contributed by atoms with E-state index in [4.69, 9.17) is 125 Å². The van der Waals surface area contributed by atoms with E-state index in [1.807, 2.05) is 0 Å². The minimum atomic E-state index is -3.16. The van der Waals surface area contributed by atoms with Gasteiger partial charge in [-0.15, -0.1) is 0 Å². The van der Waals surface area contributed by atoms with Crippen molar-refractivity contribution >= 4 is 124 Å². The highest BCUT2D eigenvalue weighted by molar-refractivity contribution is 7.39. The number of hydrogen-bond acceptors (Lipinski definition) is 4. The molecule has 0 aromatic heterocycles. The lowest BCUT2D eigenvalue weighted by Gasteiger charge is -2.14. The summed E-state index contributed by atoms with van der Waals surface area (Å²) in [5.41, 5.74) is -0.211. The Balaban J connectivity index is 0.000000472. The minimum Gasteiger partial charge on any atom is -0.478 e. The van der Waals surface area contributed by atoms with Gasteiger partial charge in [-0.2, -0.15) is 0 Å². The molecule has 7 nitrogen and oxygen atoms in total. The summed E-state index contributed by atoms with van der Waals surface area (Å²) in [5.74, 6) is -4.10. The molecule has 2 unspecified atom stereocenters. The van der Waals surface area contributed by atoms with Gasteiger partial charge in [0.2, 0.25) is 11.8 Å². The van der Waals surface area contributed by atoms with Crippen LogP contribution in [0, 0.1) is 0 Å². The maximum absolute atomic E-state index is 10.6. The Labute approximate surface area is 232 Å². The second kappa shape index (κ2) is 14.6. The maximum atomic E-state index is 10.6. The van der Waals surface area contributed by atoms with Gasteiger partial charge >= 0.3 is 11.9 Å². The number of carboxylic acids is 2. The van der Waals surface area contributed by atoms with Crippen LogP contribution in [0.4, 0.5) is 0 Å². The van der Waals surface area contributed by atoms with Gasteiger partial charge in [-0.3, -0.25) is 4.57 Å². The van der Waals surface area contributed by atoms with Crippen molar-refractivity contribution < 1.29 is 34.4 Å². The van der Waals surface area contributed by atoms with Crippen LogP contribution in [0.1, 0.15) is 20.7 Å². The zero-order valence-electron chi connectivity index (χ0n) is 15.3. The van der Waals surface area contributed by atoms with Gasteiger partial charge in [-0.1, -0.05) is 104 Å². The molecular weight excluding hydrogens is 654 g/mol. The van der Waals surface area contributed by atoms with Crippen LogP contribution in [-0.4, -0.2) is 41.8 Å². The quantitative estimate of drug-likeness (QED) is 0.114. The van der Waals surface area contributed by atoms with E-state index in [0.29, 0.717) is 0 Å². The number of aliphatic hydroxyl groups excluding tert-OH is 1. The van der Waals surface area contributed by atoms with Crippen LogP contribution in [0.15, 0.2) is 24.3 Å². The van der Waals surface area contributed by atoms with Crippen molar-refractivity contribution in [3.8, 4) is 0 Å². The monoisotopic (exact) mass is 660 g/mol. The molecule has 0 aliphatic carbocycles. The van der Waals surface area contributed by atoms with Crippen molar-refractivity contribution in [3.63, 3.8) is 0 Å². The Kier molecular flexibility index (Phi) is 14.7. The molecule has 0 heterocycles. The van der Waals surface area contributed by atoms with Crippen LogP contribution >= 0.6 is 112 Å². The fraction of sp³-hybridized carbons (Fsp3) is 0.125. The molecule has 0 saturated heterocycles. The molecule has 0 aliphatic rings. The molecule has 0 spiro atoms. The lowest BCUT2D eigenvalue weighted by Crippen LogP contribution is -2.20. The highest BCUT2D eigenvalue weighted by Crippen LogP contribution is 2.40. The van der Waals surface area contributed by atoms with E-state index >= 15 is 0 Å². The molecule has 17 heteroatoms. The summed E-state index contributed by atoms with van der Waals surface area (Å²) in [6.07, 6.45) is 0. The standard InChI is InChI=1S/2C7H3Cl3O2.C2H4Cl3O3P/c8-3-1-2-4(9)6(10)5(3)7(11)12;8-4-2-1-3(7(11)12)5(9)6(4)10;3-2(4,5)1(6)9(7)8/h2*1-2H,(H,11,12);1,6,9H,(H,7,8). The number of alkyl halides is 3. The fourth-order valence-corrected chi connectivity index (χ4v) is 3.98. The molecule has 2 aromatic carbocycles. The summed E-state index contributed by atoms with van der Waals surface area (Å²) in [4.78, 5) is 29.3. The first-order valence-electron chi connectivity index (χ1n) is 7.64. The smallest absolute Gasteiger partial charge is 0.338 e. The molecule has 0 bridgehead atoms. The highest BCUT2D eigenvalue weighted by atomic mass is 35.6. The Morgan fingerprint density at radius 2 is 1.18 bits per heavy atom. The molecular formula is C16H10Cl9O7P. The molecule has 2 rings (SSSR count). The summed E-state index contributed by atoms with van der Waals surface area (Å²) in [6.45, 7) is 0. The predicted octanol–water partition coefficient (Wildman–Crippen LogP) is 7.83. The van der Waals surface area contributed by atoms with Crippen molar-refractivity contribution in [3.05, 3.63) is 65.5 Å². The average molecular weight is 664 g/mol. The van der Waals surface area contributed by atoms with Crippen molar-refractivity contribution in [2.24, 2.45) is 0 Å². The van der Waals surface area contributed by atoms with Crippen LogP contribution in [0.25, 0.3) is 0 Å². The third kappa shape index (κ3) is 10.7. The number of rotatable bonds is 3. The van der Waals surface area contributed by atoms with E-state index in [-0.39, 0.29) is 41.3 Å². The normalized spacial score (nSPS) is 12.5. The molecule has 0 aliphatic heterocycles. The maximum Gasteiger partial charge on any atom is 0.338 e. The topological polar surface area (TPSA) is 132 Å². The van der Waals surface area contributed by atoms with Crippen LogP contribution in [0.3, 0.4) is 0 Å². The third-order valence-electron chi connectivity index (χ3n) is 3.07. The first-order valence-corrected chi connectivity index (χ1v) is 12.5. The molecule has 184 valence electrons. The zero-order chi connectivity index (χ0) is 26.3. The molecule has 0 saturated carbocycles. The van der Waals surface area contributed by atoms with Crippen molar-refractivity contribution in [2.75, 3.05) is 0 Å². The molecule has 0 amide bonds. The second-order valence-electron chi connectivity index (χ2n) is 5.33. The number of benzene rings is 2. The third-order valence-corrected chi connectivity index (χ3v) is 7.55. The predicted molar refractivity (Wildman–Crippen MR) is 134 cm³/mol. The molecule has 0 radical (unpaired) electrons. The summed E-state index contributed by atoms with van der Waals surface area (Å²) in [6, 6.07) is 5.52. The lowest BCUT2D eigenvalue weighted by molar-refractivity contribution is 0.0686. The average Bonchev–Trinajstić information content (AvgIpc) is 2.68. The summed E-state index contributed by atoms with van der Waals surface area (Å²) in [7, 11) is -3.16. The van der Waals surface area contributed by atoms with E-state index < -0.39 is 29.6 Å². The van der Waals surface area contributed by atoms with E-state index in [0.717, 1.165) is 0 Å². The van der Waals surface area contributed by atoms with E-state index in [9.17, 15) is 14.2 Å². The molecule has 33 heavy (non-hydrogen) atoms. The van der Waals surface area contributed by atoms with Crippen molar-refractivity contribution in [1.29, 1.82) is 0 Å². The number of carbonyl (C=O) groups is 2. The first kappa shape index (κ1) is 33.1. The summed E-state index contributed by atoms with van der Waals surface area (Å²) < 4.78 is 7.96. The number of carboxylic acid groups (broad SMARTS) is 2. The van der Waals surface area contributed by atoms with E-state index in [2.05, 4.69) is 0 Å². The van der Waals surface area contributed by atoms with Crippen molar-refractivity contribution in [2.45, 2.75) is 9.64 Å². The molecule has 4 N–H and O–H groups in total. The van der Waals surface area contributed by atoms with Gasteiger partial charge in [0.1, 0.15) is 0 Å². The van der Waals surface area contributed by atoms with Crippen LogP contribution in [0.5, 0.6) is 0 Å². The van der Waals surface area contributed by atoms with Gasteiger partial charge in [0.05, 0.1) is 41.3 Å². The largest absolute Gasteiger partial charge is 0.478 e. The van der Waals surface area contributed by atoms with Gasteiger partial charge < -0.3 is 20.2 Å². The first-order chi connectivity index (χ1) is 14.9. The van der Waals surface area contributed by atoms with Crippen LogP contribution in [0.2, 0.25) is 30.1 Å². The lowest BCUT2D eigenvalue weighted by atomic mass is 10.2. The minimum absolute atomic E-state index is 0.0309. The number of hydrogen-bond donors (Lipinski definition) is 4. The number of aromatic carboxylic acids is 2. The summed E-state index contributed by atoms with van der Waals surface area (Å²) in [5, 5.41) is 26.3. The van der Waals surface area contributed by atoms with E-state index in [1.165, 1.54) is 24.3 Å². The number of aliphatic hydroxyl groups is 1. The van der Waals surface area contributed by atoms with Crippen LogP contribution in [-0.2, 0) is 4.57 Å². The van der Waals surface area contributed by atoms with Gasteiger partial charge in [0.25, 0.3) is 0 Å². The Morgan fingerprint density at radius 1 is 0.758 bits per heavy atom. The van der Waals surface area contributed by atoms with E-state index in [1.54, 1.807) is 0 Å². The van der Waals surface area contributed by atoms with Gasteiger partial charge in [-0.25, -0.2) is 9.59 Å². The fourth-order valence-electron chi connectivity index (χ4n) is 1.55. The zero-order valence-corrected chi connectivity index (χ0v) is 23.1. The van der Waals surface area contributed by atoms with Crippen LogP contribution < -0.4 is 0 Å². The van der Waals surface area contributed by atoms with Gasteiger partial charge in [0.15, 0.2) is 5.85 Å². The SMILES string of the molecule is O=C(O)c1c(Cl)ccc(Cl)c1Cl.O=C(O)c1ccc(Cl)c(Cl)c1Cl.O=[PH](O)C(O)C(Cl)(Cl)Cl. The van der Waals surface area contributed by atoms with Gasteiger partial charge in [0, 0.05) is 0 Å². The Bertz CT molecular complexity index is 1040. The Morgan fingerprint density at radius 3 is 1.52 bits per heavy atom. The van der Waals surface area contributed by atoms with Gasteiger partial charge in [-0.05, 0) is 24.3 Å².